The third kappa shape index (κ3) is 5.51. The summed E-state index contributed by atoms with van der Waals surface area (Å²) in [7, 11) is 1.58. The van der Waals surface area contributed by atoms with Gasteiger partial charge in [0.2, 0.25) is 0 Å². The number of ether oxygens (including phenoxy) is 2. The average molecular weight is 310 g/mol. The molecule has 1 heterocycles. The van der Waals surface area contributed by atoms with E-state index in [2.05, 4.69) is 4.98 Å². The molecule has 1 N–H and O–H groups in total. The molecule has 1 aromatic heterocycles. The molecule has 7 heteroatoms. The highest BCUT2D eigenvalue weighted by Gasteiger charge is 2.22. The van der Waals surface area contributed by atoms with Crippen LogP contribution in [0, 0.1) is 0 Å². The molecule has 22 heavy (non-hydrogen) atoms. The zero-order valence-corrected chi connectivity index (χ0v) is 12.9. The van der Waals surface area contributed by atoms with Gasteiger partial charge >= 0.3 is 5.97 Å². The van der Waals surface area contributed by atoms with Gasteiger partial charge in [-0.15, -0.1) is 0 Å². The minimum absolute atomic E-state index is 0.0825. The molecule has 0 amide bonds. The maximum atomic E-state index is 11.5. The van der Waals surface area contributed by atoms with Gasteiger partial charge in [-0.1, -0.05) is 6.07 Å². The summed E-state index contributed by atoms with van der Waals surface area (Å²) in [6, 6.07) is 3.99. The summed E-state index contributed by atoms with van der Waals surface area (Å²) >= 11 is 0. The zero-order chi connectivity index (χ0) is 16.4. The van der Waals surface area contributed by atoms with Crippen LogP contribution in [0.2, 0.25) is 0 Å². The van der Waals surface area contributed by atoms with Crippen molar-refractivity contribution in [3.63, 3.8) is 0 Å². The van der Waals surface area contributed by atoms with Crippen molar-refractivity contribution in [2.45, 2.75) is 13.0 Å². The zero-order valence-electron chi connectivity index (χ0n) is 12.9. The maximum absolute atomic E-state index is 11.5. The molecule has 0 saturated carbocycles. The fourth-order valence-corrected chi connectivity index (χ4v) is 2.00. The Balaban J connectivity index is 2.93. The van der Waals surface area contributed by atoms with Gasteiger partial charge in [-0.3, -0.25) is 4.90 Å². The second-order valence-corrected chi connectivity index (χ2v) is 4.56. The Kier molecular flexibility index (Phi) is 8.27. The summed E-state index contributed by atoms with van der Waals surface area (Å²) in [6.45, 7) is 4.47. The highest BCUT2D eigenvalue weighted by atomic mass is 16.5. The number of aromatic nitrogens is 1. The molecule has 1 atom stereocenters. The van der Waals surface area contributed by atoms with Crippen molar-refractivity contribution in [1.29, 1.82) is 0 Å². The first-order chi connectivity index (χ1) is 10.6. The minimum atomic E-state index is -1.12. The molecule has 0 aromatic carbocycles. The molecule has 0 fully saturated rings. The first kappa shape index (κ1) is 18.2. The molecule has 0 aliphatic rings. The number of carbonyl (C=O) groups excluding carboxylic acids is 1. The number of carboxylic acid groups (broad SMARTS) is 1. The standard InChI is InChI=1S/C15H22N2O5/c1-3-22-10-8-17(7-9-21-2)14(11-18)12-5-4-6-13(16-12)15(19)20/h4-6,11,14H,3,7-10H2,1-2H3,(H,19,20). The van der Waals surface area contributed by atoms with E-state index in [-0.39, 0.29) is 5.69 Å². The van der Waals surface area contributed by atoms with E-state index in [1.165, 1.54) is 6.07 Å². The molecule has 0 saturated heterocycles. The van der Waals surface area contributed by atoms with Crippen molar-refractivity contribution in [3.05, 3.63) is 29.6 Å². The van der Waals surface area contributed by atoms with Crippen LogP contribution in [-0.2, 0) is 14.3 Å². The molecule has 0 spiro atoms. The van der Waals surface area contributed by atoms with Gasteiger partial charge in [0.1, 0.15) is 18.0 Å². The lowest BCUT2D eigenvalue weighted by atomic mass is 10.1. The lowest BCUT2D eigenvalue weighted by Gasteiger charge is -2.27. The van der Waals surface area contributed by atoms with Gasteiger partial charge in [0.05, 0.1) is 18.9 Å². The third-order valence-corrected chi connectivity index (χ3v) is 3.12. The van der Waals surface area contributed by atoms with Gasteiger partial charge in [0.15, 0.2) is 0 Å². The Labute approximate surface area is 129 Å². The van der Waals surface area contributed by atoms with E-state index >= 15 is 0 Å². The smallest absolute Gasteiger partial charge is 0.354 e. The van der Waals surface area contributed by atoms with Crippen LogP contribution in [0.25, 0.3) is 0 Å². The monoisotopic (exact) mass is 310 g/mol. The lowest BCUT2D eigenvalue weighted by Crippen LogP contribution is -2.36. The largest absolute Gasteiger partial charge is 0.477 e. The van der Waals surface area contributed by atoms with Crippen molar-refractivity contribution in [3.8, 4) is 0 Å². The van der Waals surface area contributed by atoms with Crippen LogP contribution in [0.4, 0.5) is 0 Å². The molecular weight excluding hydrogens is 288 g/mol. The number of hydrogen-bond acceptors (Lipinski definition) is 6. The highest BCUT2D eigenvalue weighted by molar-refractivity contribution is 5.85. The van der Waals surface area contributed by atoms with Crippen LogP contribution in [0.3, 0.4) is 0 Å². The molecule has 7 nitrogen and oxygen atoms in total. The summed E-state index contributed by atoms with van der Waals surface area (Å²) in [6.07, 6.45) is 0.759. The predicted octanol–water partition coefficient (Wildman–Crippen LogP) is 1.00. The molecule has 122 valence electrons. The molecule has 0 aliphatic carbocycles. The van der Waals surface area contributed by atoms with E-state index in [1.807, 2.05) is 11.8 Å². The number of carboxylic acids is 1. The second kappa shape index (κ2) is 9.99. The molecule has 0 bridgehead atoms. The fraction of sp³-hybridized carbons (Fsp3) is 0.533. The van der Waals surface area contributed by atoms with Gasteiger partial charge in [0, 0.05) is 26.8 Å². The van der Waals surface area contributed by atoms with E-state index in [0.717, 1.165) is 6.29 Å². The summed E-state index contributed by atoms with van der Waals surface area (Å²) in [5, 5.41) is 9.01. The van der Waals surface area contributed by atoms with E-state index in [4.69, 9.17) is 14.6 Å². The molecule has 0 radical (unpaired) electrons. The summed E-state index contributed by atoms with van der Waals surface area (Å²) < 4.78 is 10.4. The maximum Gasteiger partial charge on any atom is 0.354 e. The Morgan fingerprint density at radius 3 is 2.73 bits per heavy atom. The van der Waals surface area contributed by atoms with Crippen molar-refractivity contribution < 1.29 is 24.2 Å². The van der Waals surface area contributed by atoms with Crippen molar-refractivity contribution in [2.24, 2.45) is 0 Å². The predicted molar refractivity (Wildman–Crippen MR) is 79.9 cm³/mol. The van der Waals surface area contributed by atoms with Crippen molar-refractivity contribution >= 4 is 12.3 Å². The van der Waals surface area contributed by atoms with Crippen molar-refractivity contribution in [1.82, 2.24) is 9.88 Å². The van der Waals surface area contributed by atoms with Gasteiger partial charge < -0.3 is 19.4 Å². The first-order valence-electron chi connectivity index (χ1n) is 7.10. The summed E-state index contributed by atoms with van der Waals surface area (Å²) in [5.41, 5.74) is 0.323. The highest BCUT2D eigenvalue weighted by Crippen LogP contribution is 2.17. The Bertz CT molecular complexity index is 481. The molecule has 1 aromatic rings. The Hall–Kier alpha value is -1.83. The number of nitrogens with zero attached hydrogens (tertiary/aromatic N) is 2. The second-order valence-electron chi connectivity index (χ2n) is 4.56. The molecule has 0 aliphatic heterocycles. The summed E-state index contributed by atoms with van der Waals surface area (Å²) in [4.78, 5) is 28.4. The lowest BCUT2D eigenvalue weighted by molar-refractivity contribution is -0.113. The Morgan fingerprint density at radius 1 is 1.41 bits per heavy atom. The molecule has 1 unspecified atom stereocenters. The number of methoxy groups -OCH3 is 1. The topological polar surface area (TPSA) is 89.0 Å². The van der Waals surface area contributed by atoms with Crippen LogP contribution in [0.5, 0.6) is 0 Å². The van der Waals surface area contributed by atoms with Gasteiger partial charge in [-0.05, 0) is 19.1 Å². The van der Waals surface area contributed by atoms with E-state index in [0.29, 0.717) is 38.6 Å². The van der Waals surface area contributed by atoms with Crippen molar-refractivity contribution in [2.75, 3.05) is 40.0 Å². The van der Waals surface area contributed by atoms with Gasteiger partial charge in [-0.25, -0.2) is 9.78 Å². The van der Waals surface area contributed by atoms with E-state index in [1.54, 1.807) is 19.2 Å². The fourth-order valence-electron chi connectivity index (χ4n) is 2.00. The minimum Gasteiger partial charge on any atom is -0.477 e. The van der Waals surface area contributed by atoms with Crippen LogP contribution in [-0.4, -0.2) is 67.3 Å². The molecule has 1 rings (SSSR count). The number of pyridine rings is 1. The van der Waals surface area contributed by atoms with Crippen LogP contribution >= 0.6 is 0 Å². The van der Waals surface area contributed by atoms with Crippen LogP contribution in [0.1, 0.15) is 29.1 Å². The van der Waals surface area contributed by atoms with E-state index in [9.17, 15) is 9.59 Å². The average Bonchev–Trinajstić information content (AvgIpc) is 2.53. The van der Waals surface area contributed by atoms with Gasteiger partial charge in [0.25, 0.3) is 0 Å². The number of aromatic carboxylic acids is 1. The first-order valence-corrected chi connectivity index (χ1v) is 7.10. The Morgan fingerprint density at radius 2 is 2.14 bits per heavy atom. The number of rotatable bonds is 11. The van der Waals surface area contributed by atoms with Crippen LogP contribution < -0.4 is 0 Å². The quantitative estimate of drug-likeness (QED) is 0.482. The third-order valence-electron chi connectivity index (χ3n) is 3.12. The van der Waals surface area contributed by atoms with E-state index < -0.39 is 12.0 Å². The normalized spacial score (nSPS) is 12.3. The number of hydrogen-bond donors (Lipinski definition) is 1. The number of carbonyl (C=O) groups is 2. The number of aldehydes is 1. The summed E-state index contributed by atoms with van der Waals surface area (Å²) in [5.74, 6) is -1.12. The van der Waals surface area contributed by atoms with Crippen LogP contribution in [0.15, 0.2) is 18.2 Å². The molecular formula is C15H22N2O5. The SMILES string of the molecule is CCOCCN(CCOC)C(C=O)c1cccc(C(=O)O)n1. The van der Waals surface area contributed by atoms with Gasteiger partial charge in [-0.2, -0.15) is 0 Å².